The Balaban J connectivity index is 2.18. The van der Waals surface area contributed by atoms with Crippen LogP contribution in [-0.2, 0) is 0 Å². The molecule has 1 saturated heterocycles. The van der Waals surface area contributed by atoms with Crippen LogP contribution in [-0.4, -0.2) is 18.1 Å². The van der Waals surface area contributed by atoms with Gasteiger partial charge >= 0.3 is 0 Å². The Labute approximate surface area is 57.0 Å². The lowest BCUT2D eigenvalue weighted by molar-refractivity contribution is 0.185. The van der Waals surface area contributed by atoms with Gasteiger partial charge in [-0.3, -0.25) is 5.84 Å². The molecule has 0 aromatic heterocycles. The summed E-state index contributed by atoms with van der Waals surface area (Å²) in [6, 6.07) is 0. The Kier molecular flexibility index (Phi) is 2.49. The first-order valence-corrected chi connectivity index (χ1v) is 3.82. The molecule has 1 rings (SSSR count). The molecule has 2 heteroatoms. The van der Waals surface area contributed by atoms with Gasteiger partial charge in [0.15, 0.2) is 0 Å². The van der Waals surface area contributed by atoms with E-state index in [4.69, 9.17) is 5.84 Å². The third-order valence-corrected chi connectivity index (χ3v) is 2.23. The minimum Gasteiger partial charge on any atom is -0.269 e. The van der Waals surface area contributed by atoms with Gasteiger partial charge in [0, 0.05) is 13.1 Å². The summed E-state index contributed by atoms with van der Waals surface area (Å²) in [5.74, 6) is 6.53. The van der Waals surface area contributed by atoms with Gasteiger partial charge in [-0.2, -0.15) is 0 Å². The maximum absolute atomic E-state index is 5.58. The van der Waals surface area contributed by atoms with E-state index in [2.05, 4.69) is 6.92 Å². The standard InChI is InChI=1S/C7H16N2/c1-2-7-3-5-9(8)6-4-7/h7H,2-6,8H2,1H3. The SMILES string of the molecule is CCC1CCN(N)CC1. The molecular weight excluding hydrogens is 112 g/mol. The van der Waals surface area contributed by atoms with Crippen molar-refractivity contribution in [1.82, 2.24) is 5.01 Å². The summed E-state index contributed by atoms with van der Waals surface area (Å²) in [6.07, 6.45) is 3.92. The van der Waals surface area contributed by atoms with Crippen LogP contribution in [0, 0.1) is 5.92 Å². The number of hydrazine groups is 1. The number of hydrogen-bond acceptors (Lipinski definition) is 2. The molecule has 0 saturated carbocycles. The Morgan fingerprint density at radius 3 is 2.44 bits per heavy atom. The van der Waals surface area contributed by atoms with Gasteiger partial charge in [-0.25, -0.2) is 5.01 Å². The van der Waals surface area contributed by atoms with Gasteiger partial charge in [0.05, 0.1) is 0 Å². The summed E-state index contributed by atoms with van der Waals surface area (Å²) < 4.78 is 0. The Morgan fingerprint density at radius 1 is 1.44 bits per heavy atom. The van der Waals surface area contributed by atoms with E-state index in [0.29, 0.717) is 0 Å². The maximum atomic E-state index is 5.58. The van der Waals surface area contributed by atoms with E-state index in [1.807, 2.05) is 5.01 Å². The van der Waals surface area contributed by atoms with Crippen molar-refractivity contribution in [3.05, 3.63) is 0 Å². The molecule has 0 spiro atoms. The van der Waals surface area contributed by atoms with Gasteiger partial charge in [-0.1, -0.05) is 13.3 Å². The van der Waals surface area contributed by atoms with E-state index in [1.54, 1.807) is 0 Å². The van der Waals surface area contributed by atoms with Crippen LogP contribution >= 0.6 is 0 Å². The molecule has 0 aromatic rings. The zero-order valence-electron chi connectivity index (χ0n) is 6.14. The first-order valence-electron chi connectivity index (χ1n) is 3.82. The van der Waals surface area contributed by atoms with Crippen molar-refractivity contribution in [2.24, 2.45) is 11.8 Å². The van der Waals surface area contributed by atoms with Crippen LogP contribution in [0.25, 0.3) is 0 Å². The first-order chi connectivity index (χ1) is 4.33. The minimum absolute atomic E-state index is 0.949. The van der Waals surface area contributed by atoms with E-state index >= 15 is 0 Å². The summed E-state index contributed by atoms with van der Waals surface area (Å²) in [5, 5.41) is 1.92. The summed E-state index contributed by atoms with van der Waals surface area (Å²) >= 11 is 0. The predicted molar refractivity (Wildman–Crippen MR) is 38.8 cm³/mol. The van der Waals surface area contributed by atoms with E-state index < -0.39 is 0 Å². The highest BCUT2D eigenvalue weighted by molar-refractivity contribution is 4.66. The van der Waals surface area contributed by atoms with Crippen LogP contribution < -0.4 is 5.84 Å². The summed E-state index contributed by atoms with van der Waals surface area (Å²) in [5.41, 5.74) is 0. The van der Waals surface area contributed by atoms with Crippen molar-refractivity contribution >= 4 is 0 Å². The lowest BCUT2D eigenvalue weighted by Crippen LogP contribution is -2.38. The van der Waals surface area contributed by atoms with Crippen LogP contribution in [0.4, 0.5) is 0 Å². The molecule has 2 N–H and O–H groups in total. The minimum atomic E-state index is 0.949. The molecule has 1 aliphatic rings. The lowest BCUT2D eigenvalue weighted by Gasteiger charge is -2.27. The second-order valence-electron chi connectivity index (χ2n) is 2.89. The highest BCUT2D eigenvalue weighted by atomic mass is 15.4. The van der Waals surface area contributed by atoms with E-state index in [9.17, 15) is 0 Å². The van der Waals surface area contributed by atoms with Gasteiger partial charge in [0.1, 0.15) is 0 Å². The second-order valence-corrected chi connectivity index (χ2v) is 2.89. The molecule has 1 heterocycles. The fraction of sp³-hybridized carbons (Fsp3) is 1.00. The quantitative estimate of drug-likeness (QED) is 0.533. The molecule has 2 nitrogen and oxygen atoms in total. The molecule has 0 aliphatic carbocycles. The van der Waals surface area contributed by atoms with Crippen LogP contribution in [0.2, 0.25) is 0 Å². The van der Waals surface area contributed by atoms with Crippen molar-refractivity contribution in [3.8, 4) is 0 Å². The fourth-order valence-corrected chi connectivity index (χ4v) is 1.36. The molecule has 0 unspecified atom stereocenters. The molecule has 54 valence electrons. The maximum Gasteiger partial charge on any atom is 0.0131 e. The topological polar surface area (TPSA) is 29.3 Å². The number of hydrogen-bond donors (Lipinski definition) is 1. The molecule has 0 atom stereocenters. The molecule has 0 amide bonds. The van der Waals surface area contributed by atoms with Gasteiger partial charge < -0.3 is 0 Å². The molecule has 0 radical (unpaired) electrons. The first kappa shape index (κ1) is 7.03. The molecule has 9 heavy (non-hydrogen) atoms. The second kappa shape index (κ2) is 3.18. The smallest absolute Gasteiger partial charge is 0.0131 e. The van der Waals surface area contributed by atoms with Crippen molar-refractivity contribution < 1.29 is 0 Å². The van der Waals surface area contributed by atoms with E-state index in [-0.39, 0.29) is 0 Å². The van der Waals surface area contributed by atoms with Crippen molar-refractivity contribution in [3.63, 3.8) is 0 Å². The predicted octanol–water partition coefficient (Wildman–Crippen LogP) is 0.982. The number of nitrogens with zero attached hydrogens (tertiary/aromatic N) is 1. The van der Waals surface area contributed by atoms with Gasteiger partial charge in [-0.05, 0) is 18.8 Å². The van der Waals surface area contributed by atoms with Crippen molar-refractivity contribution in [1.29, 1.82) is 0 Å². The van der Waals surface area contributed by atoms with Gasteiger partial charge in [-0.15, -0.1) is 0 Å². The summed E-state index contributed by atoms with van der Waals surface area (Å²) in [7, 11) is 0. The highest BCUT2D eigenvalue weighted by Gasteiger charge is 2.14. The summed E-state index contributed by atoms with van der Waals surface area (Å²) in [6.45, 7) is 4.45. The van der Waals surface area contributed by atoms with Gasteiger partial charge in [0.25, 0.3) is 0 Å². The monoisotopic (exact) mass is 128 g/mol. The average Bonchev–Trinajstić information content (AvgIpc) is 1.90. The Morgan fingerprint density at radius 2 is 2.00 bits per heavy atom. The van der Waals surface area contributed by atoms with Crippen molar-refractivity contribution in [2.75, 3.05) is 13.1 Å². The van der Waals surface area contributed by atoms with E-state index in [0.717, 1.165) is 19.0 Å². The van der Waals surface area contributed by atoms with Crippen LogP contribution in [0.15, 0.2) is 0 Å². The zero-order chi connectivity index (χ0) is 6.69. The van der Waals surface area contributed by atoms with Crippen molar-refractivity contribution in [2.45, 2.75) is 26.2 Å². The van der Waals surface area contributed by atoms with Crippen LogP contribution in [0.5, 0.6) is 0 Å². The molecular formula is C7H16N2. The number of nitrogens with two attached hydrogens (primary N) is 1. The number of rotatable bonds is 1. The largest absolute Gasteiger partial charge is 0.269 e. The third kappa shape index (κ3) is 1.95. The van der Waals surface area contributed by atoms with E-state index in [1.165, 1.54) is 19.3 Å². The Bertz CT molecular complexity index is 75.0. The molecule has 1 fully saturated rings. The van der Waals surface area contributed by atoms with Crippen LogP contribution in [0.1, 0.15) is 26.2 Å². The zero-order valence-corrected chi connectivity index (χ0v) is 6.14. The van der Waals surface area contributed by atoms with Gasteiger partial charge in [0.2, 0.25) is 0 Å². The normalized spacial score (nSPS) is 24.7. The summed E-state index contributed by atoms with van der Waals surface area (Å²) in [4.78, 5) is 0. The third-order valence-electron chi connectivity index (χ3n) is 2.23. The molecule has 0 aromatic carbocycles. The van der Waals surface area contributed by atoms with Crippen LogP contribution in [0.3, 0.4) is 0 Å². The molecule has 1 aliphatic heterocycles. The highest BCUT2D eigenvalue weighted by Crippen LogP contribution is 2.17. The average molecular weight is 128 g/mol. The number of piperidine rings is 1. The Hall–Kier alpha value is -0.0800. The lowest BCUT2D eigenvalue weighted by atomic mass is 9.95. The fourth-order valence-electron chi connectivity index (χ4n) is 1.36. The molecule has 0 bridgehead atoms.